The van der Waals surface area contributed by atoms with Gasteiger partial charge in [0.1, 0.15) is 17.6 Å². The van der Waals surface area contributed by atoms with Crippen molar-refractivity contribution >= 4 is 28.6 Å². The van der Waals surface area contributed by atoms with Gasteiger partial charge in [0.15, 0.2) is 0 Å². The van der Waals surface area contributed by atoms with Gasteiger partial charge in [-0.3, -0.25) is 0 Å². The first-order valence-corrected chi connectivity index (χ1v) is 7.26. The minimum absolute atomic E-state index is 0.135. The Morgan fingerprint density at radius 3 is 2.70 bits per heavy atom. The van der Waals surface area contributed by atoms with Crippen LogP contribution < -0.4 is 5.32 Å². The fraction of sp³-hybridized carbons (Fsp3) is 0.0667. The van der Waals surface area contributed by atoms with Crippen LogP contribution in [0.5, 0.6) is 5.75 Å². The van der Waals surface area contributed by atoms with Crippen LogP contribution in [-0.2, 0) is 0 Å². The van der Waals surface area contributed by atoms with E-state index in [9.17, 15) is 5.11 Å². The molecular formula is C15H12ClNO2S. The van der Waals surface area contributed by atoms with E-state index in [2.05, 4.69) is 5.32 Å². The van der Waals surface area contributed by atoms with E-state index in [0.717, 1.165) is 20.7 Å². The number of aromatic hydroxyl groups is 1. The van der Waals surface area contributed by atoms with Crippen LogP contribution >= 0.6 is 22.9 Å². The van der Waals surface area contributed by atoms with Gasteiger partial charge in [-0.15, -0.1) is 11.3 Å². The minimum Gasteiger partial charge on any atom is -0.508 e. The molecule has 20 heavy (non-hydrogen) atoms. The Labute approximate surface area is 125 Å². The molecule has 102 valence electrons. The van der Waals surface area contributed by atoms with Gasteiger partial charge in [-0.25, -0.2) is 0 Å². The summed E-state index contributed by atoms with van der Waals surface area (Å²) in [5.41, 5.74) is 0.816. The van der Waals surface area contributed by atoms with E-state index < -0.39 is 0 Å². The predicted molar refractivity (Wildman–Crippen MR) is 81.6 cm³/mol. The largest absolute Gasteiger partial charge is 0.508 e. The van der Waals surface area contributed by atoms with Crippen LogP contribution in [0.1, 0.15) is 16.7 Å². The molecule has 2 heterocycles. The van der Waals surface area contributed by atoms with Crippen LogP contribution in [0.25, 0.3) is 0 Å². The Bertz CT molecular complexity index is 693. The number of hydrogen-bond donors (Lipinski definition) is 2. The van der Waals surface area contributed by atoms with Gasteiger partial charge < -0.3 is 14.8 Å². The van der Waals surface area contributed by atoms with Crippen LogP contribution in [0.2, 0.25) is 4.34 Å². The van der Waals surface area contributed by atoms with Crippen LogP contribution in [0.3, 0.4) is 0 Å². The molecular weight excluding hydrogens is 294 g/mol. The molecule has 1 aromatic carbocycles. The van der Waals surface area contributed by atoms with Crippen LogP contribution in [0, 0.1) is 0 Å². The molecule has 0 amide bonds. The molecule has 1 unspecified atom stereocenters. The molecule has 3 rings (SSSR count). The van der Waals surface area contributed by atoms with Crippen molar-refractivity contribution in [2.75, 3.05) is 5.32 Å². The van der Waals surface area contributed by atoms with Crippen LogP contribution in [0.4, 0.5) is 5.69 Å². The molecule has 0 spiro atoms. The fourth-order valence-electron chi connectivity index (χ4n) is 1.98. The third-order valence-corrected chi connectivity index (χ3v) is 4.16. The number of anilines is 1. The van der Waals surface area contributed by atoms with Crippen molar-refractivity contribution in [1.82, 2.24) is 0 Å². The lowest BCUT2D eigenvalue weighted by atomic mass is 10.1. The van der Waals surface area contributed by atoms with Crippen molar-refractivity contribution in [3.05, 3.63) is 69.8 Å². The molecule has 2 aromatic heterocycles. The van der Waals surface area contributed by atoms with E-state index in [1.807, 2.05) is 30.3 Å². The highest BCUT2D eigenvalue weighted by Crippen LogP contribution is 2.34. The maximum absolute atomic E-state index is 9.55. The zero-order valence-corrected chi connectivity index (χ0v) is 12.0. The molecule has 0 saturated carbocycles. The van der Waals surface area contributed by atoms with Gasteiger partial charge >= 0.3 is 0 Å². The predicted octanol–water partition coefficient (Wildman–Crippen LogP) is 4.90. The van der Waals surface area contributed by atoms with Crippen molar-refractivity contribution in [3.8, 4) is 5.75 Å². The van der Waals surface area contributed by atoms with Crippen LogP contribution in [0.15, 0.2) is 59.2 Å². The highest BCUT2D eigenvalue weighted by atomic mass is 35.5. The molecule has 1 atom stereocenters. The molecule has 0 bridgehead atoms. The molecule has 5 heteroatoms. The quantitative estimate of drug-likeness (QED) is 0.720. The number of phenolic OH excluding ortho intramolecular Hbond substituents is 1. The van der Waals surface area contributed by atoms with E-state index in [4.69, 9.17) is 16.0 Å². The number of rotatable bonds is 4. The van der Waals surface area contributed by atoms with E-state index in [-0.39, 0.29) is 11.8 Å². The second-order valence-electron chi connectivity index (χ2n) is 4.28. The second-order valence-corrected chi connectivity index (χ2v) is 6.03. The van der Waals surface area contributed by atoms with Crippen molar-refractivity contribution in [3.63, 3.8) is 0 Å². The zero-order valence-electron chi connectivity index (χ0n) is 10.4. The molecule has 0 aliphatic rings. The van der Waals surface area contributed by atoms with E-state index in [1.54, 1.807) is 24.5 Å². The van der Waals surface area contributed by atoms with Crippen molar-refractivity contribution in [2.24, 2.45) is 0 Å². The highest BCUT2D eigenvalue weighted by molar-refractivity contribution is 7.16. The van der Waals surface area contributed by atoms with Crippen molar-refractivity contribution in [1.29, 1.82) is 0 Å². The molecule has 0 aliphatic carbocycles. The lowest BCUT2D eigenvalue weighted by molar-refractivity contribution is 0.475. The fourth-order valence-corrected chi connectivity index (χ4v) is 3.10. The molecule has 0 saturated heterocycles. The Hall–Kier alpha value is -1.91. The average Bonchev–Trinajstić information content (AvgIpc) is 3.07. The third-order valence-electron chi connectivity index (χ3n) is 2.86. The summed E-state index contributed by atoms with van der Waals surface area (Å²) in [6.07, 6.45) is 1.64. The van der Waals surface area contributed by atoms with Gasteiger partial charge in [0, 0.05) is 16.6 Å². The molecule has 0 radical (unpaired) electrons. The summed E-state index contributed by atoms with van der Waals surface area (Å²) < 4.78 is 6.23. The first kappa shape index (κ1) is 13.1. The van der Waals surface area contributed by atoms with Gasteiger partial charge in [0.05, 0.1) is 10.6 Å². The Balaban J connectivity index is 1.94. The molecule has 3 aromatic rings. The topological polar surface area (TPSA) is 45.4 Å². The monoisotopic (exact) mass is 305 g/mol. The summed E-state index contributed by atoms with van der Waals surface area (Å²) in [6.45, 7) is 0. The number of phenols is 1. The molecule has 2 N–H and O–H groups in total. The standard InChI is InChI=1S/C15H12ClNO2S/c16-14-7-6-13(20-14)15(12-5-2-8-19-12)17-10-3-1-4-11(18)9-10/h1-9,15,17-18H. The zero-order chi connectivity index (χ0) is 13.9. The van der Waals surface area contributed by atoms with Crippen LogP contribution in [-0.4, -0.2) is 5.11 Å². The first-order chi connectivity index (χ1) is 9.72. The number of hydrogen-bond acceptors (Lipinski definition) is 4. The number of nitrogens with one attached hydrogen (secondary N) is 1. The Kier molecular flexibility index (Phi) is 3.67. The molecule has 0 fully saturated rings. The average molecular weight is 306 g/mol. The third kappa shape index (κ3) is 2.81. The molecule has 3 nitrogen and oxygen atoms in total. The number of thiophene rings is 1. The lowest BCUT2D eigenvalue weighted by Crippen LogP contribution is -2.09. The summed E-state index contributed by atoms with van der Waals surface area (Å²) in [5.74, 6) is 1.02. The van der Waals surface area contributed by atoms with Gasteiger partial charge in [-0.2, -0.15) is 0 Å². The minimum atomic E-state index is -0.135. The number of benzene rings is 1. The van der Waals surface area contributed by atoms with Gasteiger partial charge in [-0.05, 0) is 36.4 Å². The van der Waals surface area contributed by atoms with E-state index >= 15 is 0 Å². The molecule has 0 aliphatic heterocycles. The van der Waals surface area contributed by atoms with Crippen molar-refractivity contribution < 1.29 is 9.52 Å². The SMILES string of the molecule is Oc1cccc(NC(c2ccco2)c2ccc(Cl)s2)c1. The maximum atomic E-state index is 9.55. The first-order valence-electron chi connectivity index (χ1n) is 6.06. The summed E-state index contributed by atoms with van der Waals surface area (Å²) in [5, 5.41) is 12.9. The van der Waals surface area contributed by atoms with E-state index in [0.29, 0.717) is 0 Å². The maximum Gasteiger partial charge on any atom is 0.131 e. The summed E-state index contributed by atoms with van der Waals surface area (Å²) >= 11 is 7.51. The smallest absolute Gasteiger partial charge is 0.131 e. The van der Waals surface area contributed by atoms with Gasteiger partial charge in [0.2, 0.25) is 0 Å². The van der Waals surface area contributed by atoms with E-state index in [1.165, 1.54) is 11.3 Å². The summed E-state index contributed by atoms with van der Waals surface area (Å²) in [4.78, 5) is 1.05. The highest BCUT2D eigenvalue weighted by Gasteiger charge is 2.19. The number of furan rings is 1. The second kappa shape index (κ2) is 5.61. The normalized spacial score (nSPS) is 12.2. The van der Waals surface area contributed by atoms with Gasteiger partial charge in [-0.1, -0.05) is 17.7 Å². The number of halogens is 1. The van der Waals surface area contributed by atoms with Gasteiger partial charge in [0.25, 0.3) is 0 Å². The van der Waals surface area contributed by atoms with Crippen molar-refractivity contribution in [2.45, 2.75) is 6.04 Å². The Morgan fingerprint density at radius 2 is 2.05 bits per heavy atom. The summed E-state index contributed by atoms with van der Waals surface area (Å²) in [6, 6.07) is 14.4. The Morgan fingerprint density at radius 1 is 1.15 bits per heavy atom. The lowest BCUT2D eigenvalue weighted by Gasteiger charge is -2.16. The summed E-state index contributed by atoms with van der Waals surface area (Å²) in [7, 11) is 0.